The van der Waals surface area contributed by atoms with E-state index in [0.717, 1.165) is 11.5 Å². The van der Waals surface area contributed by atoms with Crippen LogP contribution in [0, 0.1) is 6.92 Å². The van der Waals surface area contributed by atoms with Crippen molar-refractivity contribution >= 4 is 11.6 Å². The Kier molecular flexibility index (Phi) is 2.49. The molecule has 0 aliphatic heterocycles. The van der Waals surface area contributed by atoms with Gasteiger partial charge in [0.1, 0.15) is 11.6 Å². The molecule has 0 amide bonds. The van der Waals surface area contributed by atoms with E-state index in [1.165, 1.54) is 0 Å². The number of nitrogens with zero attached hydrogens (tertiary/aromatic N) is 3. The van der Waals surface area contributed by atoms with E-state index in [2.05, 4.69) is 20.7 Å². The van der Waals surface area contributed by atoms with E-state index >= 15 is 0 Å². The van der Waals surface area contributed by atoms with E-state index < -0.39 is 0 Å². The Balaban J connectivity index is 1.96. The molecule has 6 nitrogen and oxygen atoms in total. The fraction of sp³-hybridized carbons (Fsp3) is 0.222. The predicted molar refractivity (Wildman–Crippen MR) is 55.0 cm³/mol. The molecule has 0 aliphatic rings. The average molecular weight is 205 g/mol. The zero-order valence-corrected chi connectivity index (χ0v) is 8.27. The number of nitrogens with two attached hydrogens (primary N) is 1. The van der Waals surface area contributed by atoms with Gasteiger partial charge in [-0.3, -0.25) is 0 Å². The Morgan fingerprint density at radius 2 is 2.27 bits per heavy atom. The Hall–Kier alpha value is -2.11. The maximum Gasteiger partial charge on any atom is 0.156 e. The first-order chi connectivity index (χ1) is 7.24. The van der Waals surface area contributed by atoms with Gasteiger partial charge in [-0.2, -0.15) is 0 Å². The molecule has 6 heteroatoms. The molecule has 0 bridgehead atoms. The summed E-state index contributed by atoms with van der Waals surface area (Å²) in [5.41, 5.74) is 6.26. The van der Waals surface area contributed by atoms with Crippen molar-refractivity contribution in [3.8, 4) is 0 Å². The highest BCUT2D eigenvalue weighted by Crippen LogP contribution is 2.07. The molecule has 2 aromatic rings. The Labute approximate surface area is 86.5 Å². The Bertz CT molecular complexity index is 436. The van der Waals surface area contributed by atoms with Crippen LogP contribution in [0.4, 0.5) is 11.6 Å². The van der Waals surface area contributed by atoms with Crippen LogP contribution < -0.4 is 11.1 Å². The van der Waals surface area contributed by atoms with Crippen LogP contribution in [0.3, 0.4) is 0 Å². The van der Waals surface area contributed by atoms with Crippen molar-refractivity contribution in [2.24, 2.45) is 0 Å². The highest BCUT2D eigenvalue weighted by molar-refractivity contribution is 5.38. The Morgan fingerprint density at radius 1 is 1.40 bits per heavy atom. The summed E-state index contributed by atoms with van der Waals surface area (Å²) in [6, 6.07) is 5.30. The monoisotopic (exact) mass is 205 g/mol. The fourth-order valence-corrected chi connectivity index (χ4v) is 1.11. The summed E-state index contributed by atoms with van der Waals surface area (Å²) < 4.78 is 5.02. The maximum absolute atomic E-state index is 5.41. The predicted octanol–water partition coefficient (Wildman–Crippen LogP) is 0.967. The van der Waals surface area contributed by atoms with Gasteiger partial charge in [-0.15, -0.1) is 10.2 Å². The van der Waals surface area contributed by atoms with Gasteiger partial charge < -0.3 is 15.6 Å². The topological polar surface area (TPSA) is 89.9 Å². The van der Waals surface area contributed by atoms with E-state index in [9.17, 15) is 0 Å². The highest BCUT2D eigenvalue weighted by atomic mass is 16.5. The summed E-state index contributed by atoms with van der Waals surface area (Å²) in [5.74, 6) is 1.81. The Morgan fingerprint density at radius 3 is 2.87 bits per heavy atom. The van der Waals surface area contributed by atoms with Crippen molar-refractivity contribution in [3.63, 3.8) is 0 Å². The van der Waals surface area contributed by atoms with Gasteiger partial charge in [-0.05, 0) is 19.1 Å². The molecule has 2 heterocycles. The molecule has 78 valence electrons. The van der Waals surface area contributed by atoms with Gasteiger partial charge in [-0.1, -0.05) is 5.16 Å². The van der Waals surface area contributed by atoms with Gasteiger partial charge in [0.25, 0.3) is 0 Å². The summed E-state index contributed by atoms with van der Waals surface area (Å²) in [6.07, 6.45) is 0. The van der Waals surface area contributed by atoms with Crippen LogP contribution in [0.25, 0.3) is 0 Å². The molecule has 0 saturated heterocycles. The molecule has 0 aromatic carbocycles. The maximum atomic E-state index is 5.41. The number of hydrogen-bond donors (Lipinski definition) is 2. The standard InChI is InChI=1S/C9H11N5O/c1-6-4-7(15-14-6)5-11-9-3-2-8(10)12-13-9/h2-4H,5H2,1H3,(H2,10,12)(H,11,13). The minimum Gasteiger partial charge on any atom is -0.382 e. The molecule has 0 aliphatic carbocycles. The third-order valence-electron chi connectivity index (χ3n) is 1.81. The lowest BCUT2D eigenvalue weighted by molar-refractivity contribution is 0.384. The highest BCUT2D eigenvalue weighted by Gasteiger charge is 2.00. The van der Waals surface area contributed by atoms with E-state index in [-0.39, 0.29) is 0 Å². The van der Waals surface area contributed by atoms with Crippen molar-refractivity contribution in [1.82, 2.24) is 15.4 Å². The number of nitrogens with one attached hydrogen (secondary N) is 1. The van der Waals surface area contributed by atoms with Gasteiger partial charge in [0.2, 0.25) is 0 Å². The van der Waals surface area contributed by atoms with Crippen molar-refractivity contribution in [1.29, 1.82) is 0 Å². The van der Waals surface area contributed by atoms with Crippen LogP contribution in [0.1, 0.15) is 11.5 Å². The summed E-state index contributed by atoms with van der Waals surface area (Å²) in [6.45, 7) is 2.40. The van der Waals surface area contributed by atoms with Gasteiger partial charge in [0, 0.05) is 6.07 Å². The molecule has 0 saturated carbocycles. The van der Waals surface area contributed by atoms with E-state index in [0.29, 0.717) is 18.2 Å². The van der Waals surface area contributed by atoms with Crippen LogP contribution in [-0.4, -0.2) is 15.4 Å². The van der Waals surface area contributed by atoms with Crippen LogP contribution in [0.2, 0.25) is 0 Å². The molecule has 0 fully saturated rings. The lowest BCUT2D eigenvalue weighted by Crippen LogP contribution is -2.02. The largest absolute Gasteiger partial charge is 0.382 e. The fourth-order valence-electron chi connectivity index (χ4n) is 1.11. The second kappa shape index (κ2) is 3.95. The number of aryl methyl sites for hydroxylation is 1. The molecule has 3 N–H and O–H groups in total. The van der Waals surface area contributed by atoms with Crippen LogP contribution in [0.15, 0.2) is 22.7 Å². The number of hydrogen-bond acceptors (Lipinski definition) is 6. The first kappa shape index (κ1) is 9.45. The number of aromatic nitrogens is 3. The normalized spacial score (nSPS) is 10.2. The van der Waals surface area contributed by atoms with Crippen LogP contribution in [-0.2, 0) is 6.54 Å². The number of rotatable bonds is 3. The third kappa shape index (κ3) is 2.43. The van der Waals surface area contributed by atoms with E-state index in [1.54, 1.807) is 12.1 Å². The lowest BCUT2D eigenvalue weighted by Gasteiger charge is -2.00. The van der Waals surface area contributed by atoms with Crippen LogP contribution >= 0.6 is 0 Å². The van der Waals surface area contributed by atoms with Gasteiger partial charge in [-0.25, -0.2) is 0 Å². The summed E-state index contributed by atoms with van der Waals surface area (Å²) >= 11 is 0. The quantitative estimate of drug-likeness (QED) is 0.775. The molecule has 0 unspecified atom stereocenters. The zero-order chi connectivity index (χ0) is 10.7. The number of anilines is 2. The lowest BCUT2D eigenvalue weighted by atomic mass is 10.4. The molecule has 0 spiro atoms. The van der Waals surface area contributed by atoms with Gasteiger partial charge >= 0.3 is 0 Å². The van der Waals surface area contributed by atoms with Gasteiger partial charge in [0.15, 0.2) is 5.76 Å². The molecule has 0 radical (unpaired) electrons. The van der Waals surface area contributed by atoms with Crippen molar-refractivity contribution in [3.05, 3.63) is 29.7 Å². The number of nitrogen functional groups attached to an aromatic ring is 1. The van der Waals surface area contributed by atoms with Gasteiger partial charge in [0.05, 0.1) is 12.2 Å². The van der Waals surface area contributed by atoms with Crippen LogP contribution in [0.5, 0.6) is 0 Å². The van der Waals surface area contributed by atoms with Crippen molar-refractivity contribution in [2.45, 2.75) is 13.5 Å². The summed E-state index contributed by atoms with van der Waals surface area (Å²) in [7, 11) is 0. The van der Waals surface area contributed by atoms with Crippen molar-refractivity contribution in [2.75, 3.05) is 11.1 Å². The molecular weight excluding hydrogens is 194 g/mol. The molecule has 0 atom stereocenters. The second-order valence-electron chi connectivity index (χ2n) is 3.13. The molecule has 2 aromatic heterocycles. The third-order valence-corrected chi connectivity index (χ3v) is 1.81. The van der Waals surface area contributed by atoms with E-state index in [4.69, 9.17) is 10.3 Å². The zero-order valence-electron chi connectivity index (χ0n) is 8.27. The van der Waals surface area contributed by atoms with E-state index in [1.807, 2.05) is 13.0 Å². The minimum atomic E-state index is 0.399. The first-order valence-corrected chi connectivity index (χ1v) is 4.49. The average Bonchev–Trinajstić information content (AvgIpc) is 2.64. The van der Waals surface area contributed by atoms with Crippen molar-refractivity contribution < 1.29 is 4.52 Å². The summed E-state index contributed by atoms with van der Waals surface area (Å²) in [4.78, 5) is 0. The molecule has 15 heavy (non-hydrogen) atoms. The molecular formula is C9H11N5O. The smallest absolute Gasteiger partial charge is 0.156 e. The second-order valence-corrected chi connectivity index (χ2v) is 3.13. The molecule has 2 rings (SSSR count). The summed E-state index contributed by atoms with van der Waals surface area (Å²) in [5, 5.41) is 14.4. The first-order valence-electron chi connectivity index (χ1n) is 4.49. The minimum absolute atomic E-state index is 0.399. The SMILES string of the molecule is Cc1cc(CNc2ccc(N)nn2)on1.